The summed E-state index contributed by atoms with van der Waals surface area (Å²) in [5.41, 5.74) is 8.38. The fraction of sp³-hybridized carbons (Fsp3) is 0.596. The molecule has 8 heteroatoms. The minimum Gasteiger partial charge on any atom is -0.490 e. The molecule has 2 N–H and O–H groups in total. The largest absolute Gasteiger partial charge is 0.490 e. The predicted octanol–water partition coefficient (Wildman–Crippen LogP) is 13.3. The Morgan fingerprint density at radius 2 is 1.08 bits per heavy atom. The molecule has 0 radical (unpaired) electrons. The Hall–Kier alpha value is -4.43. The number of carbonyl (C=O) groups excluding carboxylic acids is 3. The molecular formula is C57H79NO7. The van der Waals surface area contributed by atoms with E-state index in [9.17, 15) is 14.4 Å². The quantitative estimate of drug-likeness (QED) is 0.110. The number of aryl methyl sites for hydroxylation is 1. The fourth-order valence-electron chi connectivity index (χ4n) is 10.4. The predicted molar refractivity (Wildman–Crippen MR) is 263 cm³/mol. The molecule has 0 amide bonds. The van der Waals surface area contributed by atoms with Crippen molar-refractivity contribution in [3.8, 4) is 11.5 Å². The molecule has 0 spiro atoms. The van der Waals surface area contributed by atoms with Crippen molar-refractivity contribution in [1.29, 1.82) is 0 Å². The molecule has 0 saturated heterocycles. The highest BCUT2D eigenvalue weighted by Gasteiger charge is 2.36. The number of aldehydes is 1. The SMILES string of the molecule is CC(C)(C)C1CCC(Oc2cccc3cc(C=O)ccc23)CC1.CCOC(=O)C1CC(CCc2ccc3c(OC4CCC(C(C)(C)C)CC4)cccc3c2)C1.CCOC(=O)C1CC(N)C1. The van der Waals surface area contributed by atoms with Crippen LogP contribution < -0.4 is 15.2 Å². The maximum atomic E-state index is 11.8. The molecule has 4 saturated carbocycles. The number of hydrogen-bond donors (Lipinski definition) is 1. The van der Waals surface area contributed by atoms with Gasteiger partial charge >= 0.3 is 11.9 Å². The standard InChI is InChI=1S/C29H40O3.C21H26O2.C7H13NO2/c1-5-31-28(30)23-18-21(19-23)10-9-20-11-16-26-22(17-20)7-6-8-27(26)32-25-14-12-24(13-15-25)29(2,3)4;1-21(2,3)17-8-10-18(11-9-17)23-20-6-4-5-16-13-15(14-22)7-12-19(16)20;1-2-10-7(9)5-3-6(8)4-5/h6-8,11,16-17,21,23-25H,5,9-10,12-15,18-19H2,1-4H3;4-7,12-14,17-18H,8-11H2,1-3H3;5-6H,2-4,8H2,1H3. The molecule has 4 aromatic rings. The summed E-state index contributed by atoms with van der Waals surface area (Å²) in [6.45, 7) is 18.8. The molecule has 4 aliphatic rings. The van der Waals surface area contributed by atoms with Crippen molar-refractivity contribution in [3.05, 3.63) is 83.9 Å². The monoisotopic (exact) mass is 890 g/mol. The summed E-state index contributed by atoms with van der Waals surface area (Å²) in [5.74, 6) is 4.37. The van der Waals surface area contributed by atoms with Crippen molar-refractivity contribution < 1.29 is 33.3 Å². The molecule has 4 aromatic carbocycles. The number of ether oxygens (including phenoxy) is 4. The average molecular weight is 890 g/mol. The molecule has 65 heavy (non-hydrogen) atoms. The van der Waals surface area contributed by atoms with E-state index in [0.717, 1.165) is 105 Å². The first-order valence-electron chi connectivity index (χ1n) is 25.0. The summed E-state index contributed by atoms with van der Waals surface area (Å²) in [7, 11) is 0. The number of esters is 2. The second kappa shape index (κ2) is 22.8. The van der Waals surface area contributed by atoms with E-state index in [1.54, 1.807) is 0 Å². The molecule has 0 unspecified atom stereocenters. The van der Waals surface area contributed by atoms with Crippen molar-refractivity contribution in [2.45, 2.75) is 164 Å². The highest BCUT2D eigenvalue weighted by molar-refractivity contribution is 5.93. The van der Waals surface area contributed by atoms with Crippen LogP contribution in [-0.4, -0.2) is 49.7 Å². The molecule has 0 heterocycles. The summed E-state index contributed by atoms with van der Waals surface area (Å²) >= 11 is 0. The molecule has 8 rings (SSSR count). The zero-order valence-electron chi connectivity index (χ0n) is 40.9. The summed E-state index contributed by atoms with van der Waals surface area (Å²) in [6, 6.07) is 25.4. The van der Waals surface area contributed by atoms with Crippen LogP contribution >= 0.6 is 0 Å². The normalized spacial score (nSPS) is 25.3. The first-order valence-corrected chi connectivity index (χ1v) is 25.0. The van der Waals surface area contributed by atoms with Crippen LogP contribution in [0.3, 0.4) is 0 Å². The second-order valence-electron chi connectivity index (χ2n) is 21.6. The van der Waals surface area contributed by atoms with Crippen LogP contribution in [-0.2, 0) is 25.5 Å². The third kappa shape index (κ3) is 14.0. The first kappa shape index (κ1) is 50.0. The van der Waals surface area contributed by atoms with E-state index in [4.69, 9.17) is 24.7 Å². The fourth-order valence-corrected chi connectivity index (χ4v) is 10.4. The lowest BCUT2D eigenvalue weighted by atomic mass is 9.72. The van der Waals surface area contributed by atoms with Gasteiger partial charge < -0.3 is 24.7 Å². The number of benzene rings is 4. The van der Waals surface area contributed by atoms with Gasteiger partial charge in [0.05, 0.1) is 37.3 Å². The number of carbonyl (C=O) groups is 3. The second-order valence-corrected chi connectivity index (χ2v) is 21.6. The Labute approximate surface area is 390 Å². The van der Waals surface area contributed by atoms with E-state index in [-0.39, 0.29) is 29.8 Å². The minimum atomic E-state index is -0.0794. The first-order chi connectivity index (χ1) is 31.0. The lowest BCUT2D eigenvalue weighted by molar-refractivity contribution is -0.153. The van der Waals surface area contributed by atoms with E-state index in [0.29, 0.717) is 47.7 Å². The van der Waals surface area contributed by atoms with E-state index < -0.39 is 0 Å². The van der Waals surface area contributed by atoms with Crippen molar-refractivity contribution in [3.63, 3.8) is 0 Å². The van der Waals surface area contributed by atoms with Crippen molar-refractivity contribution in [2.24, 2.45) is 46.2 Å². The molecule has 0 aromatic heterocycles. The van der Waals surface area contributed by atoms with Crippen LogP contribution in [0.2, 0.25) is 0 Å². The Morgan fingerprint density at radius 1 is 0.615 bits per heavy atom. The van der Waals surface area contributed by atoms with Crippen LogP contribution in [0.15, 0.2) is 72.8 Å². The van der Waals surface area contributed by atoms with Gasteiger partial charge in [0.1, 0.15) is 17.8 Å². The van der Waals surface area contributed by atoms with Crippen molar-refractivity contribution in [2.75, 3.05) is 13.2 Å². The van der Waals surface area contributed by atoms with Crippen LogP contribution in [0.1, 0.15) is 155 Å². The van der Waals surface area contributed by atoms with Gasteiger partial charge in [-0.3, -0.25) is 14.4 Å². The molecule has 0 atom stereocenters. The van der Waals surface area contributed by atoms with Gasteiger partial charge in [-0.2, -0.15) is 0 Å². The molecular weight excluding hydrogens is 811 g/mol. The van der Waals surface area contributed by atoms with E-state index in [1.807, 2.05) is 50.2 Å². The topological polar surface area (TPSA) is 114 Å². The number of fused-ring (bicyclic) bond motifs is 2. The van der Waals surface area contributed by atoms with Gasteiger partial charge in [-0.15, -0.1) is 0 Å². The van der Waals surface area contributed by atoms with E-state index in [2.05, 4.69) is 77.9 Å². The van der Waals surface area contributed by atoms with Crippen LogP contribution in [0, 0.1) is 40.4 Å². The average Bonchev–Trinajstić information content (AvgIpc) is 3.25. The highest BCUT2D eigenvalue weighted by Crippen LogP contribution is 2.42. The minimum absolute atomic E-state index is 0.00567. The van der Waals surface area contributed by atoms with Gasteiger partial charge in [-0.1, -0.05) is 90.1 Å². The van der Waals surface area contributed by atoms with E-state index in [1.165, 1.54) is 42.0 Å². The lowest BCUT2D eigenvalue weighted by Crippen LogP contribution is -2.41. The third-order valence-corrected chi connectivity index (χ3v) is 14.8. The number of nitrogens with two attached hydrogens (primary N) is 1. The Morgan fingerprint density at radius 3 is 1.52 bits per heavy atom. The summed E-state index contributed by atoms with van der Waals surface area (Å²) < 4.78 is 22.8. The van der Waals surface area contributed by atoms with Crippen LogP contribution in [0.5, 0.6) is 11.5 Å². The third-order valence-electron chi connectivity index (χ3n) is 14.8. The highest BCUT2D eigenvalue weighted by atomic mass is 16.5. The van der Waals surface area contributed by atoms with Crippen LogP contribution in [0.4, 0.5) is 0 Å². The van der Waals surface area contributed by atoms with Gasteiger partial charge in [0.25, 0.3) is 0 Å². The molecule has 0 aliphatic heterocycles. The lowest BCUT2D eigenvalue weighted by Gasteiger charge is -2.37. The molecule has 4 fully saturated rings. The summed E-state index contributed by atoms with van der Waals surface area (Å²) in [5, 5.41) is 4.65. The zero-order valence-corrected chi connectivity index (χ0v) is 40.9. The Kier molecular flexibility index (Phi) is 17.6. The molecule has 4 aliphatic carbocycles. The van der Waals surface area contributed by atoms with Crippen molar-refractivity contribution in [1.82, 2.24) is 0 Å². The van der Waals surface area contributed by atoms with Gasteiger partial charge in [0, 0.05) is 22.4 Å². The number of rotatable bonds is 12. The maximum Gasteiger partial charge on any atom is 0.309 e. The van der Waals surface area contributed by atoms with E-state index >= 15 is 0 Å². The Bertz CT molecular complexity index is 2160. The van der Waals surface area contributed by atoms with Crippen molar-refractivity contribution >= 4 is 39.8 Å². The van der Waals surface area contributed by atoms with Gasteiger partial charge in [0.2, 0.25) is 0 Å². The van der Waals surface area contributed by atoms with Gasteiger partial charge in [0.15, 0.2) is 0 Å². The Balaban J connectivity index is 0.000000184. The van der Waals surface area contributed by atoms with Gasteiger partial charge in [-0.05, 0) is 173 Å². The molecule has 354 valence electrons. The molecule has 8 nitrogen and oxygen atoms in total. The smallest absolute Gasteiger partial charge is 0.309 e. The van der Waals surface area contributed by atoms with Gasteiger partial charge in [-0.25, -0.2) is 0 Å². The number of hydrogen-bond acceptors (Lipinski definition) is 8. The maximum absolute atomic E-state index is 11.8. The summed E-state index contributed by atoms with van der Waals surface area (Å²) in [4.78, 5) is 33.6. The zero-order chi connectivity index (χ0) is 46.7. The summed E-state index contributed by atoms with van der Waals surface area (Å²) in [6.07, 6.45) is 16.9. The molecule has 0 bridgehead atoms. The van der Waals surface area contributed by atoms with Crippen LogP contribution in [0.25, 0.3) is 21.5 Å².